The Morgan fingerprint density at radius 1 is 0.971 bits per heavy atom. The minimum absolute atomic E-state index is 0. The van der Waals surface area contributed by atoms with Gasteiger partial charge in [0.15, 0.2) is 0 Å². The van der Waals surface area contributed by atoms with Gasteiger partial charge in [0.2, 0.25) is 17.7 Å². The summed E-state index contributed by atoms with van der Waals surface area (Å²) in [7, 11) is 0. The maximum atomic E-state index is 13.1. The Kier molecular flexibility index (Phi) is 6.80. The molecule has 7 nitrogen and oxygen atoms in total. The minimum atomic E-state index is -0.411. The predicted octanol–water partition coefficient (Wildman–Crippen LogP) is 4.67. The lowest BCUT2D eigenvalue weighted by atomic mass is 9.89. The number of rotatable bonds is 5. The zero-order chi connectivity index (χ0) is 23.7. The predicted molar refractivity (Wildman–Crippen MR) is 138 cm³/mol. The van der Waals surface area contributed by atoms with E-state index in [4.69, 9.17) is 5.73 Å². The Hall–Kier alpha value is -4.23. The van der Waals surface area contributed by atoms with Crippen LogP contribution < -0.4 is 16.0 Å². The van der Waals surface area contributed by atoms with Crippen molar-refractivity contribution in [2.24, 2.45) is 5.73 Å². The number of nitrogens with zero attached hydrogens (tertiary/aromatic N) is 2. The topological polar surface area (TPSA) is 105 Å². The number of fused-ring (bicyclic) bond motifs is 3. The number of hydrogen-bond donors (Lipinski definition) is 2. The fourth-order valence-electron chi connectivity index (χ4n) is 4.46. The lowest BCUT2D eigenvalue weighted by Crippen LogP contribution is -2.26. The summed E-state index contributed by atoms with van der Waals surface area (Å²) in [6.07, 6.45) is 3.28. The summed E-state index contributed by atoms with van der Waals surface area (Å²) < 4.78 is 0. The van der Waals surface area contributed by atoms with Crippen molar-refractivity contribution in [2.45, 2.75) is 18.8 Å². The van der Waals surface area contributed by atoms with E-state index < -0.39 is 5.91 Å². The molecule has 1 aromatic heterocycles. The average molecular weight is 487 g/mol. The SMILES string of the molecule is Cl.NC(=O)CC(c1ccc(N2C(=O)CC(=O)Nc3c2ccc2ccccc32)cc1)c1cccnc1. The summed E-state index contributed by atoms with van der Waals surface area (Å²) in [6.45, 7) is 0. The normalized spacial score (nSPS) is 13.9. The van der Waals surface area contributed by atoms with E-state index in [2.05, 4.69) is 10.3 Å². The van der Waals surface area contributed by atoms with Crippen LogP contribution in [0.1, 0.15) is 29.9 Å². The van der Waals surface area contributed by atoms with Crippen molar-refractivity contribution in [3.63, 3.8) is 0 Å². The maximum Gasteiger partial charge on any atom is 0.241 e. The quantitative estimate of drug-likeness (QED) is 0.400. The summed E-state index contributed by atoms with van der Waals surface area (Å²) in [5.74, 6) is -1.33. The van der Waals surface area contributed by atoms with Gasteiger partial charge in [0.05, 0.1) is 11.4 Å². The Balaban J connectivity index is 0.00000289. The molecule has 0 spiro atoms. The van der Waals surface area contributed by atoms with Gasteiger partial charge in [-0.05, 0) is 40.8 Å². The highest BCUT2D eigenvalue weighted by Gasteiger charge is 2.29. The molecule has 1 atom stereocenters. The summed E-state index contributed by atoms with van der Waals surface area (Å²) in [5, 5.41) is 4.74. The van der Waals surface area contributed by atoms with Crippen LogP contribution in [-0.4, -0.2) is 22.7 Å². The van der Waals surface area contributed by atoms with E-state index in [9.17, 15) is 14.4 Å². The van der Waals surface area contributed by atoms with Gasteiger partial charge < -0.3 is 11.1 Å². The van der Waals surface area contributed by atoms with E-state index in [1.807, 2.05) is 72.8 Å². The molecule has 3 N–H and O–H groups in total. The van der Waals surface area contributed by atoms with Crippen LogP contribution in [0, 0.1) is 0 Å². The molecule has 176 valence electrons. The van der Waals surface area contributed by atoms with Crippen LogP contribution in [0.2, 0.25) is 0 Å². The van der Waals surface area contributed by atoms with Crippen LogP contribution in [-0.2, 0) is 14.4 Å². The monoisotopic (exact) mass is 486 g/mol. The lowest BCUT2D eigenvalue weighted by Gasteiger charge is -2.24. The summed E-state index contributed by atoms with van der Waals surface area (Å²) in [5.41, 5.74) is 9.13. The molecule has 1 aliphatic rings. The molecule has 3 amide bonds. The van der Waals surface area contributed by atoms with E-state index in [1.165, 1.54) is 0 Å². The first kappa shape index (κ1) is 23.9. The van der Waals surface area contributed by atoms with Crippen molar-refractivity contribution in [3.8, 4) is 0 Å². The van der Waals surface area contributed by atoms with Crippen molar-refractivity contribution >= 4 is 58.0 Å². The van der Waals surface area contributed by atoms with Crippen molar-refractivity contribution in [3.05, 3.63) is 96.3 Å². The third-order valence-corrected chi connectivity index (χ3v) is 6.02. The van der Waals surface area contributed by atoms with Gasteiger partial charge in [-0.1, -0.05) is 48.5 Å². The molecule has 2 heterocycles. The van der Waals surface area contributed by atoms with Crippen LogP contribution in [0.15, 0.2) is 85.2 Å². The number of carbonyl (C=O) groups is 3. The standard InChI is InChI=1S/C27H22N4O3.ClH/c28-24(32)14-22(19-5-3-13-29-16-19)18-7-10-20(11-8-18)31-23-12-9-17-4-1-2-6-21(17)27(23)30-25(33)15-26(31)34;/h1-13,16,22H,14-15H2,(H2,28,32)(H,30,33);1H. The molecule has 3 aromatic carbocycles. The number of carbonyl (C=O) groups excluding carboxylic acids is 3. The van der Waals surface area contributed by atoms with Crippen LogP contribution in [0.3, 0.4) is 0 Å². The van der Waals surface area contributed by atoms with Gasteiger partial charge in [-0.3, -0.25) is 24.3 Å². The molecular formula is C27H23ClN4O3. The minimum Gasteiger partial charge on any atom is -0.370 e. The Bertz CT molecular complexity index is 1410. The zero-order valence-electron chi connectivity index (χ0n) is 18.7. The number of hydrogen-bond acceptors (Lipinski definition) is 4. The molecule has 0 radical (unpaired) electrons. The Labute approximate surface area is 208 Å². The van der Waals surface area contributed by atoms with Gasteiger partial charge in [-0.25, -0.2) is 0 Å². The number of nitrogens with one attached hydrogen (secondary N) is 1. The highest BCUT2D eigenvalue weighted by molar-refractivity contribution is 6.21. The number of benzene rings is 3. The largest absolute Gasteiger partial charge is 0.370 e. The molecular weight excluding hydrogens is 464 g/mol. The number of aromatic nitrogens is 1. The highest BCUT2D eigenvalue weighted by atomic mass is 35.5. The summed E-state index contributed by atoms with van der Waals surface area (Å²) in [6, 6.07) is 22.6. The molecule has 5 rings (SSSR count). The smallest absolute Gasteiger partial charge is 0.241 e. The summed E-state index contributed by atoms with van der Waals surface area (Å²) in [4.78, 5) is 43.0. The van der Waals surface area contributed by atoms with Gasteiger partial charge in [-0.15, -0.1) is 12.4 Å². The first-order valence-corrected chi connectivity index (χ1v) is 10.9. The van der Waals surface area contributed by atoms with Crippen molar-refractivity contribution in [1.82, 2.24) is 4.98 Å². The van der Waals surface area contributed by atoms with Crippen LogP contribution in [0.25, 0.3) is 10.8 Å². The fourth-order valence-corrected chi connectivity index (χ4v) is 4.46. The molecule has 0 fully saturated rings. The van der Waals surface area contributed by atoms with E-state index in [1.54, 1.807) is 17.3 Å². The molecule has 0 aliphatic carbocycles. The van der Waals surface area contributed by atoms with E-state index >= 15 is 0 Å². The first-order valence-electron chi connectivity index (χ1n) is 10.9. The molecule has 1 aliphatic heterocycles. The number of amides is 3. The molecule has 0 saturated heterocycles. The number of nitrogens with two attached hydrogens (primary N) is 1. The average Bonchev–Trinajstić information content (AvgIpc) is 2.97. The van der Waals surface area contributed by atoms with Crippen LogP contribution in [0.5, 0.6) is 0 Å². The van der Waals surface area contributed by atoms with Gasteiger partial charge in [0.25, 0.3) is 0 Å². The third kappa shape index (κ3) is 4.72. The second kappa shape index (κ2) is 9.95. The van der Waals surface area contributed by atoms with E-state index in [-0.39, 0.29) is 43.0 Å². The molecule has 1 unspecified atom stereocenters. The first-order chi connectivity index (χ1) is 16.5. The third-order valence-electron chi connectivity index (χ3n) is 6.02. The van der Waals surface area contributed by atoms with Crippen LogP contribution >= 0.6 is 12.4 Å². The number of pyridine rings is 1. The second-order valence-corrected chi connectivity index (χ2v) is 8.24. The van der Waals surface area contributed by atoms with E-state index in [0.29, 0.717) is 17.1 Å². The van der Waals surface area contributed by atoms with Gasteiger partial charge >= 0.3 is 0 Å². The fraction of sp³-hybridized carbons (Fsp3) is 0.111. The second-order valence-electron chi connectivity index (χ2n) is 8.24. The number of primary amides is 1. The van der Waals surface area contributed by atoms with Crippen molar-refractivity contribution in [1.29, 1.82) is 0 Å². The van der Waals surface area contributed by atoms with E-state index in [0.717, 1.165) is 21.9 Å². The van der Waals surface area contributed by atoms with Crippen LogP contribution in [0.4, 0.5) is 17.1 Å². The molecule has 35 heavy (non-hydrogen) atoms. The van der Waals surface area contributed by atoms with Crippen molar-refractivity contribution in [2.75, 3.05) is 10.2 Å². The van der Waals surface area contributed by atoms with Gasteiger partial charge in [0.1, 0.15) is 6.42 Å². The summed E-state index contributed by atoms with van der Waals surface area (Å²) >= 11 is 0. The highest BCUT2D eigenvalue weighted by Crippen LogP contribution is 2.40. The molecule has 4 aromatic rings. The van der Waals surface area contributed by atoms with Gasteiger partial charge in [-0.2, -0.15) is 0 Å². The zero-order valence-corrected chi connectivity index (χ0v) is 19.5. The molecule has 0 bridgehead atoms. The molecule has 8 heteroatoms. The number of anilines is 3. The number of halogens is 1. The van der Waals surface area contributed by atoms with Crippen molar-refractivity contribution < 1.29 is 14.4 Å². The lowest BCUT2D eigenvalue weighted by molar-refractivity contribution is -0.124. The van der Waals surface area contributed by atoms with Gasteiger partial charge in [0, 0.05) is 35.8 Å². The Morgan fingerprint density at radius 3 is 2.46 bits per heavy atom. The Morgan fingerprint density at radius 2 is 1.74 bits per heavy atom. The molecule has 0 saturated carbocycles. The maximum absolute atomic E-state index is 13.1.